The molecular formula is C13H13N3O3. The predicted octanol–water partition coefficient (Wildman–Crippen LogP) is 1.74. The highest BCUT2D eigenvalue weighted by Gasteiger charge is 2.16. The fourth-order valence-electron chi connectivity index (χ4n) is 1.79. The summed E-state index contributed by atoms with van der Waals surface area (Å²) in [5.41, 5.74) is 7.54. The van der Waals surface area contributed by atoms with Crippen molar-refractivity contribution in [2.75, 3.05) is 12.8 Å². The quantitative estimate of drug-likeness (QED) is 0.871. The van der Waals surface area contributed by atoms with Crippen LogP contribution in [0.15, 0.2) is 24.5 Å². The number of ether oxygens (including phenoxy) is 1. The van der Waals surface area contributed by atoms with Crippen LogP contribution in [0.3, 0.4) is 0 Å². The number of nitrogens with two attached hydrogens (primary N) is 1. The largest absolute Gasteiger partial charge is 0.494 e. The topological polar surface area (TPSA) is 98.3 Å². The maximum absolute atomic E-state index is 11.3. The predicted molar refractivity (Wildman–Crippen MR) is 70.1 cm³/mol. The molecule has 0 aliphatic carbocycles. The maximum atomic E-state index is 11.3. The van der Waals surface area contributed by atoms with E-state index in [0.717, 1.165) is 0 Å². The van der Waals surface area contributed by atoms with Gasteiger partial charge in [0.1, 0.15) is 11.6 Å². The minimum atomic E-state index is -1.06. The molecule has 2 rings (SSSR count). The van der Waals surface area contributed by atoms with E-state index in [9.17, 15) is 9.90 Å². The van der Waals surface area contributed by atoms with Crippen LogP contribution < -0.4 is 10.5 Å². The number of rotatable bonds is 3. The number of carboxylic acids is 1. The molecule has 2 heterocycles. The van der Waals surface area contributed by atoms with Gasteiger partial charge in [0.2, 0.25) is 0 Å². The molecule has 2 aromatic rings. The van der Waals surface area contributed by atoms with E-state index in [1.54, 1.807) is 19.1 Å². The lowest BCUT2D eigenvalue weighted by Gasteiger charge is -2.11. The van der Waals surface area contributed by atoms with Crippen molar-refractivity contribution < 1.29 is 14.6 Å². The van der Waals surface area contributed by atoms with Crippen molar-refractivity contribution in [3.8, 4) is 16.9 Å². The number of aromatic nitrogens is 2. The van der Waals surface area contributed by atoms with Gasteiger partial charge in [-0.05, 0) is 19.1 Å². The van der Waals surface area contributed by atoms with Crippen molar-refractivity contribution in [1.29, 1.82) is 0 Å². The van der Waals surface area contributed by atoms with E-state index >= 15 is 0 Å². The van der Waals surface area contributed by atoms with Crippen molar-refractivity contribution in [2.45, 2.75) is 6.92 Å². The Morgan fingerprint density at radius 3 is 2.63 bits per heavy atom. The molecule has 0 saturated heterocycles. The van der Waals surface area contributed by atoms with Gasteiger partial charge in [-0.1, -0.05) is 0 Å². The van der Waals surface area contributed by atoms with Crippen LogP contribution in [-0.4, -0.2) is 28.2 Å². The first-order chi connectivity index (χ1) is 9.02. The number of nitrogen functional groups attached to an aromatic ring is 1. The molecule has 6 heteroatoms. The third kappa shape index (κ3) is 2.47. The van der Waals surface area contributed by atoms with E-state index in [4.69, 9.17) is 10.5 Å². The first kappa shape index (κ1) is 12.8. The number of carbonyl (C=O) groups is 1. The number of methoxy groups -OCH3 is 1. The number of hydrogen-bond acceptors (Lipinski definition) is 5. The van der Waals surface area contributed by atoms with Crippen molar-refractivity contribution in [3.05, 3.63) is 35.8 Å². The van der Waals surface area contributed by atoms with E-state index in [1.165, 1.54) is 19.5 Å². The summed E-state index contributed by atoms with van der Waals surface area (Å²) in [6, 6.07) is 3.26. The summed E-state index contributed by atoms with van der Waals surface area (Å²) in [4.78, 5) is 19.2. The summed E-state index contributed by atoms with van der Waals surface area (Å²) < 4.78 is 5.20. The third-order valence-corrected chi connectivity index (χ3v) is 2.67. The first-order valence-corrected chi connectivity index (χ1v) is 5.52. The fraction of sp³-hybridized carbons (Fsp3) is 0.154. The van der Waals surface area contributed by atoms with Crippen LogP contribution in [0.5, 0.6) is 5.75 Å². The van der Waals surface area contributed by atoms with Crippen LogP contribution >= 0.6 is 0 Å². The number of anilines is 1. The second-order valence-electron chi connectivity index (χ2n) is 3.99. The average molecular weight is 259 g/mol. The molecule has 0 fully saturated rings. The van der Waals surface area contributed by atoms with Crippen LogP contribution in [0, 0.1) is 6.92 Å². The van der Waals surface area contributed by atoms with Crippen LogP contribution in [0.25, 0.3) is 11.1 Å². The van der Waals surface area contributed by atoms with Crippen molar-refractivity contribution >= 4 is 11.8 Å². The zero-order valence-corrected chi connectivity index (χ0v) is 10.5. The van der Waals surface area contributed by atoms with Gasteiger partial charge in [-0.25, -0.2) is 9.78 Å². The Morgan fingerprint density at radius 1 is 1.26 bits per heavy atom. The highest BCUT2D eigenvalue weighted by molar-refractivity contribution is 5.96. The van der Waals surface area contributed by atoms with Crippen LogP contribution in [0.4, 0.5) is 5.82 Å². The molecule has 3 N–H and O–H groups in total. The first-order valence-electron chi connectivity index (χ1n) is 5.52. The summed E-state index contributed by atoms with van der Waals surface area (Å²) in [6.07, 6.45) is 2.79. The highest BCUT2D eigenvalue weighted by atomic mass is 16.5. The molecular weight excluding hydrogens is 246 g/mol. The fourth-order valence-corrected chi connectivity index (χ4v) is 1.79. The van der Waals surface area contributed by atoms with Gasteiger partial charge in [0.05, 0.1) is 18.9 Å². The highest BCUT2D eigenvalue weighted by Crippen LogP contribution is 2.33. The van der Waals surface area contributed by atoms with E-state index in [1.807, 2.05) is 0 Å². The SMILES string of the molecule is COc1cnc(N)cc1-c1cc(C)ncc1C(=O)O. The van der Waals surface area contributed by atoms with Crippen molar-refractivity contribution in [1.82, 2.24) is 9.97 Å². The zero-order valence-electron chi connectivity index (χ0n) is 10.5. The molecule has 6 nitrogen and oxygen atoms in total. The molecule has 0 bridgehead atoms. The second kappa shape index (κ2) is 4.93. The van der Waals surface area contributed by atoms with Crippen molar-refractivity contribution in [2.24, 2.45) is 0 Å². The molecule has 0 amide bonds. The molecule has 0 spiro atoms. The molecule has 0 aliphatic rings. The number of aromatic carboxylic acids is 1. The summed E-state index contributed by atoms with van der Waals surface area (Å²) >= 11 is 0. The average Bonchev–Trinajstić information content (AvgIpc) is 2.38. The maximum Gasteiger partial charge on any atom is 0.337 e. The molecule has 19 heavy (non-hydrogen) atoms. The second-order valence-corrected chi connectivity index (χ2v) is 3.99. The van der Waals surface area contributed by atoms with Gasteiger partial charge in [-0.15, -0.1) is 0 Å². The Bertz CT molecular complexity index is 641. The van der Waals surface area contributed by atoms with E-state index in [-0.39, 0.29) is 5.56 Å². The lowest BCUT2D eigenvalue weighted by Crippen LogP contribution is -2.03. The van der Waals surface area contributed by atoms with Gasteiger partial charge in [0, 0.05) is 23.0 Å². The lowest BCUT2D eigenvalue weighted by molar-refractivity contribution is 0.0697. The normalized spacial score (nSPS) is 10.2. The number of aryl methyl sites for hydroxylation is 1. The summed E-state index contributed by atoms with van der Waals surface area (Å²) in [5.74, 6) is -0.302. The van der Waals surface area contributed by atoms with Crippen LogP contribution in [0.1, 0.15) is 16.1 Å². The van der Waals surface area contributed by atoms with Crippen molar-refractivity contribution in [3.63, 3.8) is 0 Å². The zero-order chi connectivity index (χ0) is 14.0. The number of pyridine rings is 2. The Morgan fingerprint density at radius 2 is 2.00 bits per heavy atom. The molecule has 0 atom stereocenters. The number of carboxylic acid groups (broad SMARTS) is 1. The monoisotopic (exact) mass is 259 g/mol. The van der Waals surface area contributed by atoms with E-state index < -0.39 is 5.97 Å². The van der Waals surface area contributed by atoms with E-state index in [2.05, 4.69) is 9.97 Å². The molecule has 0 aromatic carbocycles. The van der Waals surface area contributed by atoms with Gasteiger partial charge >= 0.3 is 5.97 Å². The van der Waals surface area contributed by atoms with Gasteiger partial charge in [0.15, 0.2) is 0 Å². The number of nitrogens with zero attached hydrogens (tertiary/aromatic N) is 2. The molecule has 0 aliphatic heterocycles. The Kier molecular flexibility index (Phi) is 3.33. The molecule has 0 unspecified atom stereocenters. The minimum absolute atomic E-state index is 0.0921. The smallest absolute Gasteiger partial charge is 0.337 e. The Balaban J connectivity index is 2.73. The van der Waals surface area contributed by atoms with E-state index in [0.29, 0.717) is 28.4 Å². The molecule has 0 saturated carbocycles. The van der Waals surface area contributed by atoms with Gasteiger partial charge in [-0.3, -0.25) is 4.98 Å². The lowest BCUT2D eigenvalue weighted by atomic mass is 10.0. The standard InChI is InChI=1S/C13H13N3O3/c1-7-3-8(10(5-15-7)13(17)18)9-4-12(14)16-6-11(9)19-2/h3-6H,1-2H3,(H2,14,16)(H,17,18). The summed E-state index contributed by atoms with van der Waals surface area (Å²) in [7, 11) is 1.49. The van der Waals surface area contributed by atoms with Crippen LogP contribution in [0.2, 0.25) is 0 Å². The minimum Gasteiger partial charge on any atom is -0.494 e. The Hall–Kier alpha value is -2.63. The van der Waals surface area contributed by atoms with Gasteiger partial charge < -0.3 is 15.6 Å². The third-order valence-electron chi connectivity index (χ3n) is 2.67. The van der Waals surface area contributed by atoms with Crippen LogP contribution in [-0.2, 0) is 0 Å². The van der Waals surface area contributed by atoms with Gasteiger partial charge in [0.25, 0.3) is 0 Å². The van der Waals surface area contributed by atoms with Gasteiger partial charge in [-0.2, -0.15) is 0 Å². The Labute approximate surface area is 109 Å². The molecule has 0 radical (unpaired) electrons. The number of hydrogen-bond donors (Lipinski definition) is 2. The summed E-state index contributed by atoms with van der Waals surface area (Å²) in [5, 5.41) is 9.22. The molecule has 98 valence electrons. The molecule has 2 aromatic heterocycles. The summed E-state index contributed by atoms with van der Waals surface area (Å²) in [6.45, 7) is 1.78.